The second kappa shape index (κ2) is 8.59. The van der Waals surface area contributed by atoms with Gasteiger partial charge in [-0.05, 0) is 30.5 Å². The monoisotopic (exact) mass is 470 g/mol. The van der Waals surface area contributed by atoms with Crippen LogP contribution in [-0.2, 0) is 0 Å². The van der Waals surface area contributed by atoms with Crippen LogP contribution in [0.2, 0.25) is 10.0 Å². The molecule has 0 amide bonds. The molecule has 1 aliphatic heterocycles. The molecule has 0 aliphatic carbocycles. The number of nitrogens with two attached hydrogens (primary N) is 2. The van der Waals surface area contributed by atoms with E-state index in [0.717, 1.165) is 5.56 Å². The van der Waals surface area contributed by atoms with E-state index >= 15 is 0 Å². The van der Waals surface area contributed by atoms with Crippen molar-refractivity contribution in [1.29, 1.82) is 0 Å². The molecule has 0 bridgehead atoms. The molecule has 3 atom stereocenters. The molecule has 12 heteroatoms. The second-order valence-electron chi connectivity index (χ2n) is 7.76. The lowest BCUT2D eigenvalue weighted by atomic mass is 9.58. The van der Waals surface area contributed by atoms with Gasteiger partial charge in [0.1, 0.15) is 11.9 Å². The number of hydrogen-bond donors (Lipinski definition) is 3. The summed E-state index contributed by atoms with van der Waals surface area (Å²) in [6, 6.07) is 3.57. The zero-order chi connectivity index (χ0) is 23.2. The third kappa shape index (κ3) is 4.20. The molecule has 162 valence electrons. The summed E-state index contributed by atoms with van der Waals surface area (Å²) in [5.41, 5.74) is 13.9. The van der Waals surface area contributed by atoms with Crippen molar-refractivity contribution in [3.63, 3.8) is 0 Å². The van der Waals surface area contributed by atoms with Gasteiger partial charge >= 0.3 is 0 Å². The summed E-state index contributed by atoms with van der Waals surface area (Å²) in [6.45, 7) is 2.16. The van der Waals surface area contributed by atoms with Gasteiger partial charge in [0.25, 0.3) is 0 Å². The molecule has 3 heterocycles. The van der Waals surface area contributed by atoms with Gasteiger partial charge < -0.3 is 21.5 Å². The van der Waals surface area contributed by atoms with Crippen molar-refractivity contribution >= 4 is 44.7 Å². The second-order valence-corrected chi connectivity index (χ2v) is 8.54. The van der Waals surface area contributed by atoms with E-state index in [0.29, 0.717) is 17.7 Å². The van der Waals surface area contributed by atoms with Crippen LogP contribution in [-0.4, -0.2) is 48.4 Å². The minimum absolute atomic E-state index is 0.109. The highest BCUT2D eigenvalue weighted by Gasteiger charge is 2.40. The number of benzene rings is 1. The lowest BCUT2D eigenvalue weighted by Gasteiger charge is -2.30. The normalized spacial score (nSPS) is 20.9. The molecule has 7 nitrogen and oxygen atoms in total. The Morgan fingerprint density at radius 2 is 2.06 bits per heavy atom. The van der Waals surface area contributed by atoms with E-state index < -0.39 is 23.3 Å². The first kappa shape index (κ1) is 22.9. The third-order valence-electron chi connectivity index (χ3n) is 5.43. The summed E-state index contributed by atoms with van der Waals surface area (Å²) in [4.78, 5) is 4.20. The fourth-order valence-electron chi connectivity index (χ4n) is 3.79. The number of nitrogen functional groups attached to an aromatic ring is 1. The van der Waals surface area contributed by atoms with Crippen LogP contribution < -0.4 is 21.5 Å². The predicted octanol–water partition coefficient (Wildman–Crippen LogP) is 2.58. The van der Waals surface area contributed by atoms with Crippen molar-refractivity contribution in [3.05, 3.63) is 58.2 Å². The van der Waals surface area contributed by atoms with Crippen LogP contribution in [0.1, 0.15) is 24.6 Å². The Kier molecular flexibility index (Phi) is 6.15. The van der Waals surface area contributed by atoms with Crippen LogP contribution in [0.15, 0.2) is 36.8 Å². The van der Waals surface area contributed by atoms with E-state index in [1.54, 1.807) is 36.3 Å². The van der Waals surface area contributed by atoms with Gasteiger partial charge in [-0.1, -0.05) is 23.2 Å². The molecule has 0 spiro atoms. The number of rotatable bonds is 5. The topological polar surface area (TPSA) is 104 Å². The maximum Gasteiger partial charge on any atom is 0.166 e. The Labute approximate surface area is 197 Å². The van der Waals surface area contributed by atoms with Crippen LogP contribution in [0, 0.1) is 5.82 Å². The van der Waals surface area contributed by atoms with E-state index in [-0.39, 0.29) is 27.7 Å². The van der Waals surface area contributed by atoms with E-state index in [2.05, 4.69) is 15.4 Å². The highest BCUT2D eigenvalue weighted by molar-refractivity contribution is 6.40. The molecule has 1 aliphatic rings. The lowest BCUT2D eigenvalue weighted by molar-refractivity contribution is 0.227. The number of nitrogens with one attached hydrogen (secondary N) is 1. The van der Waals surface area contributed by atoms with Crippen molar-refractivity contribution < 1.29 is 9.13 Å². The summed E-state index contributed by atoms with van der Waals surface area (Å²) in [6.07, 6.45) is 4.31. The first-order valence-corrected chi connectivity index (χ1v) is 10.5. The van der Waals surface area contributed by atoms with E-state index in [1.807, 2.05) is 0 Å². The zero-order valence-corrected chi connectivity index (χ0v) is 18.6. The fraction of sp³-hybridized carbons (Fsp3) is 0.300. The van der Waals surface area contributed by atoms with Gasteiger partial charge in [0, 0.05) is 46.7 Å². The van der Waals surface area contributed by atoms with Crippen LogP contribution in [0.25, 0.3) is 11.1 Å². The van der Waals surface area contributed by atoms with Crippen LogP contribution in [0.5, 0.6) is 5.75 Å². The quantitative estimate of drug-likeness (QED) is 0.391. The van der Waals surface area contributed by atoms with Gasteiger partial charge in [0.05, 0.1) is 33.0 Å². The first-order valence-electron chi connectivity index (χ1n) is 9.77. The van der Waals surface area contributed by atoms with Crippen LogP contribution in [0.3, 0.4) is 0 Å². The maximum absolute atomic E-state index is 13.9. The molecule has 3 aromatic rings. The fourth-order valence-corrected chi connectivity index (χ4v) is 4.47. The largest absolute Gasteiger partial charge is 0.482 e. The number of anilines is 1. The minimum Gasteiger partial charge on any atom is -0.482 e. The number of ether oxygens (including phenoxy) is 1. The standard InChI is InChI=1S/C20H19B2Cl2FN6O/c1-9(16-12(23)2-3-13(25)17(16)24)32-15-4-10(5-28-19(15)27)11-6-30-31(8-11)18-14(26)7-29-20(18,21)22/h2-6,8-9,14,18,29H,7,26H2,1H3,(H2,27,28). The number of aromatic nitrogens is 3. The average Bonchev–Trinajstić information content (AvgIpc) is 3.30. The first-order chi connectivity index (χ1) is 15.1. The van der Waals surface area contributed by atoms with Crippen molar-refractivity contribution in [2.24, 2.45) is 5.73 Å². The Morgan fingerprint density at radius 1 is 1.31 bits per heavy atom. The smallest absolute Gasteiger partial charge is 0.166 e. The SMILES string of the molecule is [B]C1([B])NCC(N)C1n1cc(-c2cnc(N)c(OC(C)c3c(Cl)ccc(F)c3Cl)c2)cn1. The van der Waals surface area contributed by atoms with Crippen molar-refractivity contribution in [3.8, 4) is 16.9 Å². The predicted molar refractivity (Wildman–Crippen MR) is 125 cm³/mol. The third-order valence-corrected chi connectivity index (χ3v) is 6.14. The van der Waals surface area contributed by atoms with Gasteiger partial charge in [0.15, 0.2) is 11.6 Å². The Hall–Kier alpha value is -2.26. The molecular formula is C20H19B2Cl2FN6O. The van der Waals surface area contributed by atoms with E-state index in [9.17, 15) is 4.39 Å². The molecule has 4 radical (unpaired) electrons. The average molecular weight is 471 g/mol. The molecule has 2 aromatic heterocycles. The number of pyridine rings is 1. The van der Waals surface area contributed by atoms with Gasteiger partial charge in [-0.15, -0.1) is 0 Å². The van der Waals surface area contributed by atoms with E-state index in [1.165, 1.54) is 12.1 Å². The van der Waals surface area contributed by atoms with E-state index in [4.69, 9.17) is 55.1 Å². The molecule has 1 fully saturated rings. The van der Waals surface area contributed by atoms with Crippen LogP contribution in [0.4, 0.5) is 10.2 Å². The summed E-state index contributed by atoms with van der Waals surface area (Å²) >= 11 is 12.3. The van der Waals surface area contributed by atoms with Crippen LogP contribution >= 0.6 is 23.2 Å². The maximum atomic E-state index is 13.9. The van der Waals surface area contributed by atoms with Gasteiger partial charge in [-0.3, -0.25) is 4.68 Å². The molecule has 1 saturated heterocycles. The van der Waals surface area contributed by atoms with Crippen molar-refractivity contribution in [2.45, 2.75) is 30.4 Å². The Morgan fingerprint density at radius 3 is 2.75 bits per heavy atom. The summed E-state index contributed by atoms with van der Waals surface area (Å²) in [5.74, 6) is -0.156. The van der Waals surface area contributed by atoms with Gasteiger partial charge in [-0.2, -0.15) is 5.10 Å². The molecule has 4 rings (SSSR count). The molecule has 5 N–H and O–H groups in total. The van der Waals surface area contributed by atoms with Crippen molar-refractivity contribution in [1.82, 2.24) is 20.1 Å². The Balaban J connectivity index is 1.62. The highest BCUT2D eigenvalue weighted by atomic mass is 35.5. The molecule has 32 heavy (non-hydrogen) atoms. The lowest BCUT2D eigenvalue weighted by Crippen LogP contribution is -2.48. The summed E-state index contributed by atoms with van der Waals surface area (Å²) in [7, 11) is 12.2. The summed E-state index contributed by atoms with van der Waals surface area (Å²) < 4.78 is 21.5. The Bertz CT molecular complexity index is 1160. The number of nitrogens with zero attached hydrogens (tertiary/aromatic N) is 3. The van der Waals surface area contributed by atoms with Gasteiger partial charge in [0.2, 0.25) is 0 Å². The number of halogens is 3. The molecule has 0 saturated carbocycles. The van der Waals surface area contributed by atoms with Crippen molar-refractivity contribution in [2.75, 3.05) is 12.3 Å². The molecule has 1 aromatic carbocycles. The summed E-state index contributed by atoms with van der Waals surface area (Å²) in [5, 5.41) is 6.34. The molecular weight excluding hydrogens is 452 g/mol. The number of hydrogen-bond acceptors (Lipinski definition) is 6. The molecule has 3 unspecified atom stereocenters. The zero-order valence-electron chi connectivity index (χ0n) is 17.1. The minimum atomic E-state index is -1.19. The van der Waals surface area contributed by atoms with Gasteiger partial charge in [-0.25, -0.2) is 9.37 Å². The highest BCUT2D eigenvalue weighted by Crippen LogP contribution is 2.37.